The summed E-state index contributed by atoms with van der Waals surface area (Å²) in [6, 6.07) is 11.3. The maximum absolute atomic E-state index is 12.9. The number of hydrogen-bond donors (Lipinski definition) is 1. The molecule has 162 valence electrons. The van der Waals surface area contributed by atoms with Gasteiger partial charge in [-0.05, 0) is 55.8 Å². The number of aryl methyl sites for hydroxylation is 1. The number of fused-ring (bicyclic) bond motifs is 1. The first-order chi connectivity index (χ1) is 15.6. The van der Waals surface area contributed by atoms with Crippen LogP contribution < -0.4 is 10.1 Å². The monoisotopic (exact) mass is 428 g/mol. The van der Waals surface area contributed by atoms with Crippen LogP contribution in [0.25, 0.3) is 22.0 Å². The van der Waals surface area contributed by atoms with Gasteiger partial charge in [-0.3, -0.25) is 9.48 Å². The molecule has 1 aliphatic heterocycles. The van der Waals surface area contributed by atoms with Crippen LogP contribution >= 0.6 is 0 Å². The lowest BCUT2D eigenvalue weighted by Crippen LogP contribution is -2.34. The van der Waals surface area contributed by atoms with Gasteiger partial charge in [-0.15, -0.1) is 0 Å². The smallest absolute Gasteiger partial charge is 0.214 e. The molecule has 1 saturated heterocycles. The number of nitrogens with zero attached hydrogens (tertiary/aromatic N) is 5. The first kappa shape index (κ1) is 20.3. The van der Waals surface area contributed by atoms with Crippen molar-refractivity contribution in [2.24, 2.45) is 7.05 Å². The molecule has 8 heteroatoms. The number of benzene rings is 1. The van der Waals surface area contributed by atoms with Gasteiger partial charge in [0.15, 0.2) is 5.78 Å². The summed E-state index contributed by atoms with van der Waals surface area (Å²) in [5.41, 5.74) is 4.06. The van der Waals surface area contributed by atoms with Gasteiger partial charge in [-0.1, -0.05) is 6.07 Å². The summed E-state index contributed by atoms with van der Waals surface area (Å²) in [5, 5.41) is 17.0. The van der Waals surface area contributed by atoms with Gasteiger partial charge in [0.25, 0.3) is 0 Å². The topological polar surface area (TPSA) is 94.8 Å². The molecular formula is C24H24N6O2. The predicted molar refractivity (Wildman–Crippen MR) is 121 cm³/mol. The molecule has 0 unspecified atom stereocenters. The third-order valence-electron chi connectivity index (χ3n) is 5.65. The fourth-order valence-electron chi connectivity index (χ4n) is 3.92. The van der Waals surface area contributed by atoms with Crippen molar-refractivity contribution >= 4 is 16.7 Å². The average Bonchev–Trinajstić information content (AvgIpc) is 3.26. The van der Waals surface area contributed by atoms with Crippen molar-refractivity contribution in [2.45, 2.75) is 25.4 Å². The van der Waals surface area contributed by atoms with Crippen LogP contribution in [-0.4, -0.2) is 49.9 Å². The Balaban J connectivity index is 1.33. The first-order valence-corrected chi connectivity index (χ1v) is 10.8. The van der Waals surface area contributed by atoms with Crippen molar-refractivity contribution in [1.29, 1.82) is 0 Å². The number of nitrogens with one attached hydrogen (secondary N) is 1. The normalized spacial score (nSPS) is 14.5. The Morgan fingerprint density at radius 3 is 2.81 bits per heavy atom. The summed E-state index contributed by atoms with van der Waals surface area (Å²) in [6.45, 7) is 1.87. The van der Waals surface area contributed by atoms with Crippen LogP contribution in [0.3, 0.4) is 0 Å². The number of ketones is 1. The molecule has 0 amide bonds. The van der Waals surface area contributed by atoms with Crippen LogP contribution in [0.5, 0.6) is 5.88 Å². The lowest BCUT2D eigenvalue weighted by Gasteiger charge is -2.23. The standard InChI is InChI=1S/C24H24N6O2/c1-30-15-19(14-27-30)16-2-3-22-18(10-16)11-20(28-29-22)13-23(31)17-4-9-26-24(12-17)32-21-5-7-25-8-6-21/h2-4,9-12,14-15,21,25H,5-8,13H2,1H3. The van der Waals surface area contributed by atoms with Crippen LogP contribution in [-0.2, 0) is 13.5 Å². The van der Waals surface area contributed by atoms with Gasteiger partial charge in [0, 0.05) is 42.0 Å². The Bertz CT molecular complexity index is 1260. The number of ether oxygens (including phenoxy) is 1. The van der Waals surface area contributed by atoms with Crippen LogP contribution in [0.15, 0.2) is 55.0 Å². The SMILES string of the molecule is Cn1cc(-c2ccc3nnc(CC(=O)c4ccnc(OC5CCNCC5)c4)cc3c2)cn1. The van der Waals surface area contributed by atoms with Gasteiger partial charge in [-0.2, -0.15) is 15.3 Å². The molecule has 1 aliphatic rings. The van der Waals surface area contributed by atoms with Crippen molar-refractivity contribution in [2.75, 3.05) is 13.1 Å². The summed E-state index contributed by atoms with van der Waals surface area (Å²) < 4.78 is 7.74. The molecule has 0 radical (unpaired) electrons. The molecule has 0 bridgehead atoms. The summed E-state index contributed by atoms with van der Waals surface area (Å²) in [6.07, 6.45) is 7.59. The lowest BCUT2D eigenvalue weighted by atomic mass is 10.0. The highest BCUT2D eigenvalue weighted by molar-refractivity contribution is 5.97. The minimum absolute atomic E-state index is 0.0420. The first-order valence-electron chi connectivity index (χ1n) is 10.8. The summed E-state index contributed by atoms with van der Waals surface area (Å²) in [4.78, 5) is 17.2. The lowest BCUT2D eigenvalue weighted by molar-refractivity contribution is 0.0990. The van der Waals surface area contributed by atoms with E-state index in [1.54, 1.807) is 23.0 Å². The number of hydrogen-bond acceptors (Lipinski definition) is 7. The molecule has 0 aliphatic carbocycles. The van der Waals surface area contributed by atoms with Crippen molar-refractivity contribution in [3.8, 4) is 17.0 Å². The van der Waals surface area contributed by atoms with Gasteiger partial charge in [0.2, 0.25) is 5.88 Å². The van der Waals surface area contributed by atoms with E-state index in [0.717, 1.165) is 48.0 Å². The molecule has 0 saturated carbocycles. The molecule has 4 heterocycles. The third-order valence-corrected chi connectivity index (χ3v) is 5.65. The third kappa shape index (κ3) is 4.50. The quantitative estimate of drug-likeness (QED) is 0.472. The van der Waals surface area contributed by atoms with E-state index in [2.05, 4.69) is 25.6 Å². The van der Waals surface area contributed by atoms with Gasteiger partial charge >= 0.3 is 0 Å². The second-order valence-electron chi connectivity index (χ2n) is 8.06. The second-order valence-corrected chi connectivity index (χ2v) is 8.06. The molecule has 1 N–H and O–H groups in total. The Labute approximate surface area is 185 Å². The number of carbonyl (C=O) groups excluding carboxylic acids is 1. The Morgan fingerprint density at radius 2 is 2.00 bits per heavy atom. The van der Waals surface area contributed by atoms with E-state index >= 15 is 0 Å². The van der Waals surface area contributed by atoms with E-state index in [4.69, 9.17) is 4.74 Å². The van der Waals surface area contributed by atoms with Crippen LogP contribution in [0.2, 0.25) is 0 Å². The molecule has 5 rings (SSSR count). The molecule has 1 fully saturated rings. The fourth-order valence-corrected chi connectivity index (χ4v) is 3.92. The van der Waals surface area contributed by atoms with E-state index in [1.165, 1.54) is 0 Å². The second kappa shape index (κ2) is 8.84. The average molecular weight is 428 g/mol. The zero-order chi connectivity index (χ0) is 21.9. The Morgan fingerprint density at radius 1 is 1.12 bits per heavy atom. The number of piperidine rings is 1. The summed E-state index contributed by atoms with van der Waals surface area (Å²) in [7, 11) is 1.89. The maximum atomic E-state index is 12.9. The molecule has 8 nitrogen and oxygen atoms in total. The summed E-state index contributed by atoms with van der Waals surface area (Å²) >= 11 is 0. The van der Waals surface area contributed by atoms with E-state index in [-0.39, 0.29) is 18.3 Å². The number of rotatable bonds is 6. The predicted octanol–water partition coefficient (Wildman–Crippen LogP) is 2.98. The van der Waals surface area contributed by atoms with Crippen LogP contribution in [0.4, 0.5) is 0 Å². The minimum Gasteiger partial charge on any atom is -0.474 e. The van der Waals surface area contributed by atoms with E-state index < -0.39 is 0 Å². The van der Waals surface area contributed by atoms with Gasteiger partial charge < -0.3 is 10.1 Å². The largest absolute Gasteiger partial charge is 0.474 e. The van der Waals surface area contributed by atoms with Crippen molar-refractivity contribution in [3.05, 3.63) is 66.2 Å². The highest BCUT2D eigenvalue weighted by Crippen LogP contribution is 2.24. The number of pyridine rings is 1. The molecular weight excluding hydrogens is 404 g/mol. The van der Waals surface area contributed by atoms with E-state index in [0.29, 0.717) is 17.1 Å². The summed E-state index contributed by atoms with van der Waals surface area (Å²) in [5.74, 6) is 0.452. The molecule has 32 heavy (non-hydrogen) atoms. The number of aromatic nitrogens is 5. The van der Waals surface area contributed by atoms with Crippen molar-refractivity contribution in [3.63, 3.8) is 0 Å². The van der Waals surface area contributed by atoms with Gasteiger partial charge in [0.05, 0.1) is 23.8 Å². The molecule has 1 aromatic carbocycles. The fraction of sp³-hybridized carbons (Fsp3) is 0.292. The highest BCUT2D eigenvalue weighted by Gasteiger charge is 2.16. The molecule has 3 aromatic heterocycles. The highest BCUT2D eigenvalue weighted by atomic mass is 16.5. The van der Waals surface area contributed by atoms with Gasteiger partial charge in [0.1, 0.15) is 6.10 Å². The Hall–Kier alpha value is -3.65. The van der Waals surface area contributed by atoms with E-state index in [1.807, 2.05) is 43.7 Å². The molecule has 4 aromatic rings. The van der Waals surface area contributed by atoms with Crippen molar-refractivity contribution in [1.82, 2.24) is 30.3 Å². The molecule has 0 spiro atoms. The number of carbonyl (C=O) groups is 1. The zero-order valence-corrected chi connectivity index (χ0v) is 17.9. The number of Topliss-reactive ketones (excluding diaryl/α,β-unsaturated/α-hetero) is 1. The van der Waals surface area contributed by atoms with Crippen LogP contribution in [0.1, 0.15) is 28.9 Å². The Kier molecular flexibility index (Phi) is 5.60. The minimum atomic E-state index is -0.0420. The maximum Gasteiger partial charge on any atom is 0.214 e. The van der Waals surface area contributed by atoms with Gasteiger partial charge in [-0.25, -0.2) is 4.98 Å². The van der Waals surface area contributed by atoms with Crippen molar-refractivity contribution < 1.29 is 9.53 Å². The zero-order valence-electron chi connectivity index (χ0n) is 17.9. The van der Waals surface area contributed by atoms with E-state index in [9.17, 15) is 4.79 Å². The molecule has 0 atom stereocenters. The van der Waals surface area contributed by atoms with Crippen LogP contribution in [0, 0.1) is 0 Å².